The summed E-state index contributed by atoms with van der Waals surface area (Å²) in [6.45, 7) is 3.56. The number of nitrogens with zero attached hydrogens (tertiary/aromatic N) is 5. The van der Waals surface area contributed by atoms with Gasteiger partial charge in [-0.05, 0) is 38.9 Å². The molecule has 2 aliphatic heterocycles. The molecule has 2 aromatic rings. The second-order valence-electron chi connectivity index (χ2n) is 7.51. The fourth-order valence-corrected chi connectivity index (χ4v) is 3.83. The van der Waals surface area contributed by atoms with Gasteiger partial charge in [-0.25, -0.2) is 4.98 Å². The molecule has 0 radical (unpaired) electrons. The highest BCUT2D eigenvalue weighted by atomic mass is 19.4. The molecule has 2 fully saturated rings. The fraction of sp³-hybridized carbons (Fsp3) is 0.526. The van der Waals surface area contributed by atoms with Gasteiger partial charge in [-0.15, -0.1) is 0 Å². The van der Waals surface area contributed by atoms with Crippen molar-refractivity contribution < 1.29 is 18.3 Å². The SMILES string of the molecule is C[C@H]1[C@H](O)CN1c1nc(-c2cnn(C3CCNCC3)c2)cc(C(F)(F)F)c1C#N. The van der Waals surface area contributed by atoms with Crippen molar-refractivity contribution in [1.29, 1.82) is 5.26 Å². The normalized spacial score (nSPS) is 23.0. The second-order valence-corrected chi connectivity index (χ2v) is 7.51. The highest BCUT2D eigenvalue weighted by molar-refractivity contribution is 5.69. The molecule has 154 valence electrons. The Bertz CT molecular complexity index is 944. The first-order valence-corrected chi connectivity index (χ1v) is 9.52. The smallest absolute Gasteiger partial charge is 0.389 e. The number of aromatic nitrogens is 3. The lowest BCUT2D eigenvalue weighted by Gasteiger charge is -2.44. The van der Waals surface area contributed by atoms with Gasteiger partial charge in [0.1, 0.15) is 17.5 Å². The standard InChI is InChI=1S/C19H21F3N6O/c1-11-17(29)10-27(11)18-14(7-23)15(19(20,21)22)6-16(26-18)12-8-25-28(9-12)13-2-4-24-5-3-13/h6,8-9,11,13,17,24,29H,2-5,10H2,1H3/t11-,17+/m0/s1. The Labute approximate surface area is 165 Å². The van der Waals surface area contributed by atoms with Crippen molar-refractivity contribution in [3.8, 4) is 17.3 Å². The lowest BCUT2D eigenvalue weighted by molar-refractivity contribution is -0.137. The number of hydrogen-bond acceptors (Lipinski definition) is 6. The molecule has 0 spiro atoms. The molecule has 10 heteroatoms. The number of anilines is 1. The number of piperidine rings is 1. The van der Waals surface area contributed by atoms with Gasteiger partial charge in [-0.1, -0.05) is 0 Å². The minimum absolute atomic E-state index is 0.0512. The lowest BCUT2D eigenvalue weighted by Crippen LogP contribution is -2.59. The van der Waals surface area contributed by atoms with Crippen molar-refractivity contribution in [2.24, 2.45) is 0 Å². The van der Waals surface area contributed by atoms with E-state index in [4.69, 9.17) is 0 Å². The van der Waals surface area contributed by atoms with Crippen LogP contribution in [0.25, 0.3) is 11.3 Å². The van der Waals surface area contributed by atoms with Gasteiger partial charge in [0.15, 0.2) is 0 Å². The molecule has 2 saturated heterocycles. The molecule has 0 unspecified atom stereocenters. The highest BCUT2D eigenvalue weighted by Crippen LogP contribution is 2.40. The van der Waals surface area contributed by atoms with Crippen molar-refractivity contribution >= 4 is 5.82 Å². The van der Waals surface area contributed by atoms with Gasteiger partial charge in [-0.3, -0.25) is 4.68 Å². The maximum absolute atomic E-state index is 13.7. The zero-order valence-electron chi connectivity index (χ0n) is 15.8. The molecule has 4 rings (SSSR count). The van der Waals surface area contributed by atoms with Crippen LogP contribution in [0.1, 0.15) is 36.9 Å². The first-order valence-electron chi connectivity index (χ1n) is 9.52. The van der Waals surface area contributed by atoms with E-state index in [-0.39, 0.29) is 24.1 Å². The first-order chi connectivity index (χ1) is 13.8. The average molecular weight is 406 g/mol. The van der Waals surface area contributed by atoms with Crippen molar-refractivity contribution in [2.75, 3.05) is 24.5 Å². The van der Waals surface area contributed by atoms with Crippen LogP contribution >= 0.6 is 0 Å². The van der Waals surface area contributed by atoms with E-state index < -0.39 is 29.4 Å². The first kappa shape index (κ1) is 19.7. The van der Waals surface area contributed by atoms with Crippen LogP contribution in [0.2, 0.25) is 0 Å². The Kier molecular flexibility index (Phi) is 4.96. The van der Waals surface area contributed by atoms with E-state index in [2.05, 4.69) is 15.4 Å². The van der Waals surface area contributed by atoms with Crippen LogP contribution in [0.4, 0.5) is 19.0 Å². The Morgan fingerprint density at radius 1 is 1.31 bits per heavy atom. The van der Waals surface area contributed by atoms with Gasteiger partial charge in [0.05, 0.1) is 35.6 Å². The van der Waals surface area contributed by atoms with Crippen LogP contribution in [0, 0.1) is 11.3 Å². The maximum atomic E-state index is 13.7. The lowest BCUT2D eigenvalue weighted by atomic mass is 9.98. The van der Waals surface area contributed by atoms with Crippen LogP contribution < -0.4 is 10.2 Å². The third-order valence-electron chi connectivity index (χ3n) is 5.70. The molecule has 2 aliphatic rings. The molecule has 29 heavy (non-hydrogen) atoms. The Morgan fingerprint density at radius 2 is 2.03 bits per heavy atom. The van der Waals surface area contributed by atoms with E-state index >= 15 is 0 Å². The van der Waals surface area contributed by atoms with E-state index in [9.17, 15) is 23.5 Å². The minimum Gasteiger partial charge on any atom is -0.389 e. The Balaban J connectivity index is 1.78. The van der Waals surface area contributed by atoms with Crippen molar-refractivity contribution in [1.82, 2.24) is 20.1 Å². The molecular formula is C19H21F3N6O. The number of β-amino-alcohol motifs (C(OH)–C–C–N with tert-alkyl or cyclic N) is 1. The largest absolute Gasteiger partial charge is 0.417 e. The van der Waals surface area contributed by atoms with Gasteiger partial charge in [0, 0.05) is 18.3 Å². The summed E-state index contributed by atoms with van der Waals surface area (Å²) < 4.78 is 42.9. The summed E-state index contributed by atoms with van der Waals surface area (Å²) in [5.41, 5.74) is -0.970. The minimum atomic E-state index is -4.70. The second kappa shape index (κ2) is 7.31. The Hall–Kier alpha value is -2.64. The molecule has 2 aromatic heterocycles. The molecule has 0 bridgehead atoms. The summed E-state index contributed by atoms with van der Waals surface area (Å²) >= 11 is 0. The quantitative estimate of drug-likeness (QED) is 0.813. The third-order valence-corrected chi connectivity index (χ3v) is 5.70. The molecule has 7 nitrogen and oxygen atoms in total. The van der Waals surface area contributed by atoms with Gasteiger partial charge < -0.3 is 15.3 Å². The number of pyridine rings is 1. The number of alkyl halides is 3. The number of nitriles is 1. The van der Waals surface area contributed by atoms with E-state index in [0.717, 1.165) is 32.0 Å². The number of nitrogens with one attached hydrogen (secondary N) is 1. The molecule has 4 heterocycles. The van der Waals surface area contributed by atoms with Gasteiger partial charge in [0.25, 0.3) is 0 Å². The van der Waals surface area contributed by atoms with E-state index in [0.29, 0.717) is 5.56 Å². The zero-order chi connectivity index (χ0) is 20.8. The van der Waals surface area contributed by atoms with Crippen molar-refractivity contribution in [3.05, 3.63) is 29.6 Å². The predicted molar refractivity (Wildman–Crippen MR) is 99.1 cm³/mol. The number of aliphatic hydroxyl groups is 1. The zero-order valence-corrected chi connectivity index (χ0v) is 15.8. The molecular weight excluding hydrogens is 385 g/mol. The van der Waals surface area contributed by atoms with Crippen LogP contribution in [-0.4, -0.2) is 51.7 Å². The predicted octanol–water partition coefficient (Wildman–Crippen LogP) is 2.33. The number of rotatable bonds is 3. The molecule has 2 N–H and O–H groups in total. The summed E-state index contributed by atoms with van der Waals surface area (Å²) in [5.74, 6) is -0.0512. The van der Waals surface area contributed by atoms with Gasteiger partial charge in [-0.2, -0.15) is 23.5 Å². The molecule has 0 saturated carbocycles. The topological polar surface area (TPSA) is 90.0 Å². The van der Waals surface area contributed by atoms with Crippen LogP contribution in [0.5, 0.6) is 0 Å². The summed E-state index contributed by atoms with van der Waals surface area (Å²) in [7, 11) is 0. The van der Waals surface area contributed by atoms with Crippen LogP contribution in [0.3, 0.4) is 0 Å². The number of halogens is 3. The van der Waals surface area contributed by atoms with Crippen molar-refractivity contribution in [2.45, 2.75) is 44.1 Å². The summed E-state index contributed by atoms with van der Waals surface area (Å²) in [4.78, 5) is 5.91. The van der Waals surface area contributed by atoms with E-state index in [1.165, 1.54) is 11.1 Å². The summed E-state index contributed by atoms with van der Waals surface area (Å²) in [5, 5.41) is 26.8. The fourth-order valence-electron chi connectivity index (χ4n) is 3.83. The monoisotopic (exact) mass is 406 g/mol. The van der Waals surface area contributed by atoms with Crippen molar-refractivity contribution in [3.63, 3.8) is 0 Å². The summed E-state index contributed by atoms with van der Waals surface area (Å²) in [6, 6.07) is 2.34. The third kappa shape index (κ3) is 3.56. The molecule has 0 aromatic carbocycles. The molecule has 0 amide bonds. The summed E-state index contributed by atoms with van der Waals surface area (Å²) in [6.07, 6.45) is -0.356. The van der Waals surface area contributed by atoms with Gasteiger partial charge in [0.2, 0.25) is 0 Å². The Morgan fingerprint density at radius 3 is 2.62 bits per heavy atom. The molecule has 2 atom stereocenters. The number of aliphatic hydroxyl groups excluding tert-OH is 1. The number of hydrogen-bond donors (Lipinski definition) is 2. The van der Waals surface area contributed by atoms with Crippen LogP contribution in [-0.2, 0) is 6.18 Å². The molecule has 0 aliphatic carbocycles. The highest BCUT2D eigenvalue weighted by Gasteiger charge is 2.41. The van der Waals surface area contributed by atoms with Crippen LogP contribution in [0.15, 0.2) is 18.5 Å². The maximum Gasteiger partial charge on any atom is 0.417 e. The van der Waals surface area contributed by atoms with Gasteiger partial charge >= 0.3 is 6.18 Å². The average Bonchev–Trinajstić information content (AvgIpc) is 3.21. The van der Waals surface area contributed by atoms with E-state index in [1.54, 1.807) is 23.9 Å². The van der Waals surface area contributed by atoms with E-state index in [1.807, 2.05) is 0 Å².